The van der Waals surface area contributed by atoms with Gasteiger partial charge in [-0.1, -0.05) is 37.4 Å². The molecule has 9 nitrogen and oxygen atoms in total. The summed E-state index contributed by atoms with van der Waals surface area (Å²) in [7, 11) is -3.83. The van der Waals surface area contributed by atoms with Gasteiger partial charge in [-0.05, 0) is 106 Å². The Morgan fingerprint density at radius 1 is 1.22 bits per heavy atom. The largest absolute Gasteiger partial charge is 0.490 e. The minimum absolute atomic E-state index is 0.0309. The molecule has 1 aliphatic heterocycles. The Kier molecular flexibility index (Phi) is 9.95. The second kappa shape index (κ2) is 13.4. The van der Waals surface area contributed by atoms with Crippen LogP contribution in [0, 0.1) is 23.2 Å². The average molecular weight is 669 g/mol. The molecule has 1 heterocycles. The first-order valence-corrected chi connectivity index (χ1v) is 18.3. The predicted molar refractivity (Wildman–Crippen MR) is 180 cm³/mol. The quantitative estimate of drug-likeness (QED) is 0.323. The van der Waals surface area contributed by atoms with Gasteiger partial charge in [-0.15, -0.1) is 0 Å². The maximum absolute atomic E-state index is 13.2. The van der Waals surface area contributed by atoms with Crippen molar-refractivity contribution in [2.45, 2.75) is 95.3 Å². The lowest BCUT2D eigenvalue weighted by atomic mass is 9.61. The Bertz CT molecular complexity index is 1640. The van der Waals surface area contributed by atoms with Crippen LogP contribution in [0.3, 0.4) is 0 Å². The van der Waals surface area contributed by atoms with E-state index in [1.165, 1.54) is 31.9 Å². The monoisotopic (exact) mass is 668 g/mol. The molecule has 3 aliphatic rings. The van der Waals surface area contributed by atoms with Crippen molar-refractivity contribution in [2.75, 3.05) is 24.6 Å². The van der Waals surface area contributed by atoms with Gasteiger partial charge in [0, 0.05) is 36.0 Å². The Balaban J connectivity index is 1.54. The van der Waals surface area contributed by atoms with Crippen LogP contribution in [-0.2, 0) is 26.7 Å². The zero-order chi connectivity index (χ0) is 33.3. The highest BCUT2D eigenvalue weighted by Crippen LogP contribution is 2.48. The molecular weight excluding hydrogens is 624 g/mol. The van der Waals surface area contributed by atoms with Crippen molar-refractivity contribution in [1.29, 1.82) is 5.26 Å². The number of carbonyl (C=O) groups is 2. The van der Waals surface area contributed by atoms with Gasteiger partial charge in [-0.25, -0.2) is 13.1 Å². The molecule has 1 fully saturated rings. The SMILES string of the molecule is CCCC[C@](C#N)(NC(C)=O)[C@@H]1CC[C@H]1CN1C[C@@]2(CCCc3cc(Cl)ccc32)COc2ccc(C(=O)NS(=O)(=O)C(C)C)cc21. The van der Waals surface area contributed by atoms with Crippen LogP contribution in [0.2, 0.25) is 5.02 Å². The standard InChI is InChI=1S/C35H45ClN4O5S/c1-5-6-16-35(20-37,38-24(4)41)30-12-9-27(30)19-40-21-34(15-7-8-25-17-28(36)11-13-29(25)34)22-45-32-14-10-26(18-31(32)40)33(42)39-46(43,44)23(2)3/h10-11,13-14,17-18,23,27,30H,5-9,12,15-16,19,21-22H2,1-4H3,(H,38,41)(H,39,42)/t27-,30+,34-,35+/m0/s1. The highest BCUT2D eigenvalue weighted by molar-refractivity contribution is 7.90. The highest BCUT2D eigenvalue weighted by atomic mass is 35.5. The van der Waals surface area contributed by atoms with Crippen molar-refractivity contribution >= 4 is 39.1 Å². The van der Waals surface area contributed by atoms with E-state index in [0.717, 1.165) is 44.9 Å². The minimum atomic E-state index is -3.83. The second-order valence-corrected chi connectivity index (χ2v) is 16.3. The average Bonchev–Trinajstić information content (AvgIpc) is 3.14. The molecule has 2 aromatic carbocycles. The summed E-state index contributed by atoms with van der Waals surface area (Å²) in [4.78, 5) is 27.8. The number of rotatable bonds is 10. The van der Waals surface area contributed by atoms with E-state index in [0.29, 0.717) is 42.6 Å². The molecule has 2 aliphatic carbocycles. The van der Waals surface area contributed by atoms with Gasteiger partial charge in [0.1, 0.15) is 11.3 Å². The van der Waals surface area contributed by atoms with Crippen LogP contribution in [-0.4, -0.2) is 50.7 Å². The first kappa shape index (κ1) is 34.1. The third kappa shape index (κ3) is 6.72. The number of hydrogen-bond acceptors (Lipinski definition) is 7. The summed E-state index contributed by atoms with van der Waals surface area (Å²) < 4.78 is 33.8. The van der Waals surface area contributed by atoms with E-state index in [1.807, 2.05) is 12.1 Å². The molecule has 2 N–H and O–H groups in total. The number of halogens is 1. The van der Waals surface area contributed by atoms with Gasteiger partial charge in [-0.2, -0.15) is 5.26 Å². The minimum Gasteiger partial charge on any atom is -0.490 e. The third-order valence-electron chi connectivity index (χ3n) is 10.2. The van der Waals surface area contributed by atoms with Crippen LogP contribution in [0.25, 0.3) is 0 Å². The Labute approximate surface area is 278 Å². The van der Waals surface area contributed by atoms with Gasteiger partial charge < -0.3 is 15.0 Å². The highest BCUT2D eigenvalue weighted by Gasteiger charge is 2.50. The Morgan fingerprint density at radius 3 is 2.65 bits per heavy atom. The van der Waals surface area contributed by atoms with Crippen molar-refractivity contribution in [2.24, 2.45) is 11.8 Å². The lowest BCUT2D eigenvalue weighted by Crippen LogP contribution is -2.59. The van der Waals surface area contributed by atoms with Crippen LogP contribution >= 0.6 is 11.6 Å². The van der Waals surface area contributed by atoms with E-state index >= 15 is 0 Å². The number of carbonyl (C=O) groups excluding carboxylic acids is 2. The fourth-order valence-electron chi connectivity index (χ4n) is 7.56. The maximum atomic E-state index is 13.2. The molecule has 2 aromatic rings. The molecule has 4 atom stereocenters. The van der Waals surface area contributed by atoms with Crippen LogP contribution < -0.4 is 19.7 Å². The molecule has 1 saturated carbocycles. The van der Waals surface area contributed by atoms with E-state index < -0.39 is 26.7 Å². The lowest BCUT2D eigenvalue weighted by molar-refractivity contribution is -0.121. The summed E-state index contributed by atoms with van der Waals surface area (Å²) in [5.74, 6) is -0.199. The van der Waals surface area contributed by atoms with Gasteiger partial charge >= 0.3 is 0 Å². The van der Waals surface area contributed by atoms with Gasteiger partial charge in [0.25, 0.3) is 5.91 Å². The summed E-state index contributed by atoms with van der Waals surface area (Å²) >= 11 is 6.41. The van der Waals surface area contributed by atoms with Crippen LogP contribution in [0.1, 0.15) is 94.1 Å². The van der Waals surface area contributed by atoms with Crippen molar-refractivity contribution < 1.29 is 22.7 Å². The number of aryl methyl sites for hydroxylation is 1. The topological polar surface area (TPSA) is 129 Å². The number of hydrogen-bond donors (Lipinski definition) is 2. The summed E-state index contributed by atoms with van der Waals surface area (Å²) in [6, 6.07) is 13.7. The molecule has 1 spiro atoms. The predicted octanol–water partition coefficient (Wildman–Crippen LogP) is 5.90. The van der Waals surface area contributed by atoms with E-state index in [1.54, 1.807) is 18.2 Å². The molecule has 46 heavy (non-hydrogen) atoms. The molecular formula is C35H45ClN4O5S. The lowest BCUT2D eigenvalue weighted by Gasteiger charge is -2.49. The fraction of sp³-hybridized carbons (Fsp3) is 0.571. The number of amides is 2. The summed E-state index contributed by atoms with van der Waals surface area (Å²) in [6.45, 7) is 8.24. The van der Waals surface area contributed by atoms with E-state index in [-0.39, 0.29) is 28.7 Å². The number of anilines is 1. The van der Waals surface area contributed by atoms with Gasteiger partial charge in [-0.3, -0.25) is 9.59 Å². The number of unbranched alkanes of at least 4 members (excludes halogenated alkanes) is 1. The van der Waals surface area contributed by atoms with Gasteiger partial charge in [0.05, 0.1) is 23.6 Å². The molecule has 0 bridgehead atoms. The third-order valence-corrected chi connectivity index (χ3v) is 12.1. The first-order valence-electron chi connectivity index (χ1n) is 16.4. The second-order valence-electron chi connectivity index (χ2n) is 13.6. The Hall–Kier alpha value is -3.29. The number of nitrogens with one attached hydrogen (secondary N) is 2. The van der Waals surface area contributed by atoms with Gasteiger partial charge in [0.2, 0.25) is 15.9 Å². The molecule has 2 amide bonds. The molecule has 0 radical (unpaired) electrons. The number of nitriles is 1. The molecule has 0 unspecified atom stereocenters. The van der Waals surface area contributed by atoms with Crippen LogP contribution in [0.4, 0.5) is 5.69 Å². The number of sulfonamides is 1. The zero-order valence-electron chi connectivity index (χ0n) is 27.2. The summed E-state index contributed by atoms with van der Waals surface area (Å²) in [5, 5.41) is 13.5. The number of nitrogens with zero attached hydrogens (tertiary/aromatic N) is 2. The maximum Gasteiger partial charge on any atom is 0.264 e. The van der Waals surface area contributed by atoms with E-state index in [9.17, 15) is 23.3 Å². The Morgan fingerprint density at radius 2 is 2.00 bits per heavy atom. The number of ether oxygens (including phenoxy) is 1. The number of benzene rings is 2. The normalized spacial score (nSPS) is 23.5. The smallest absolute Gasteiger partial charge is 0.264 e. The van der Waals surface area contributed by atoms with Crippen molar-refractivity contribution in [3.05, 3.63) is 58.1 Å². The molecule has 0 aromatic heterocycles. The summed E-state index contributed by atoms with van der Waals surface area (Å²) in [5.41, 5.74) is 2.07. The van der Waals surface area contributed by atoms with Crippen LogP contribution in [0.15, 0.2) is 36.4 Å². The van der Waals surface area contributed by atoms with Crippen molar-refractivity contribution in [1.82, 2.24) is 10.0 Å². The molecule has 0 saturated heterocycles. The summed E-state index contributed by atoms with van der Waals surface area (Å²) in [6.07, 6.45) is 6.89. The van der Waals surface area contributed by atoms with E-state index in [4.69, 9.17) is 16.3 Å². The molecule has 11 heteroatoms. The zero-order valence-corrected chi connectivity index (χ0v) is 28.8. The fourth-order valence-corrected chi connectivity index (χ4v) is 8.36. The molecule has 248 valence electrons. The first-order chi connectivity index (χ1) is 21.8. The van der Waals surface area contributed by atoms with Crippen LogP contribution in [0.5, 0.6) is 5.75 Å². The van der Waals surface area contributed by atoms with E-state index in [2.05, 4.69) is 34.0 Å². The van der Waals surface area contributed by atoms with Crippen molar-refractivity contribution in [3.8, 4) is 11.8 Å². The number of fused-ring (bicyclic) bond motifs is 3. The van der Waals surface area contributed by atoms with Crippen molar-refractivity contribution in [3.63, 3.8) is 0 Å². The van der Waals surface area contributed by atoms with Gasteiger partial charge in [0.15, 0.2) is 0 Å². The molecule has 5 rings (SSSR count).